The average molecular weight is 355 g/mol. The summed E-state index contributed by atoms with van der Waals surface area (Å²) in [5, 5.41) is 6.82. The first kappa shape index (κ1) is 17.6. The van der Waals surface area contributed by atoms with E-state index in [-0.39, 0.29) is 11.8 Å². The predicted molar refractivity (Wildman–Crippen MR) is 93.9 cm³/mol. The zero-order valence-corrected chi connectivity index (χ0v) is 14.4. The molecular weight excluding hydrogens is 337 g/mol. The number of carbonyl (C=O) groups is 1. The number of halogens is 1. The van der Waals surface area contributed by atoms with E-state index in [0.717, 1.165) is 15.8 Å². The third-order valence-corrected chi connectivity index (χ3v) is 3.99. The monoisotopic (exact) mass is 355 g/mol. The lowest BCUT2D eigenvalue weighted by Crippen LogP contribution is -2.34. The summed E-state index contributed by atoms with van der Waals surface area (Å²) in [6.07, 6.45) is 0. The van der Waals surface area contributed by atoms with Gasteiger partial charge in [-0.25, -0.2) is 9.18 Å². The first-order valence-corrected chi connectivity index (χ1v) is 8.13. The van der Waals surface area contributed by atoms with Crippen LogP contribution in [0.5, 0.6) is 0 Å². The van der Waals surface area contributed by atoms with E-state index >= 15 is 0 Å². The third-order valence-electron chi connectivity index (χ3n) is 3.99. The first-order chi connectivity index (χ1) is 12.4. The number of nitrogens with one attached hydrogen (secondary N) is 1. The highest BCUT2D eigenvalue weighted by atomic mass is 19.1. The van der Waals surface area contributed by atoms with Gasteiger partial charge in [-0.15, -0.1) is 5.10 Å². The molecule has 2 aromatic carbocycles. The molecule has 3 rings (SSSR count). The number of aryl methyl sites for hydroxylation is 1. The van der Waals surface area contributed by atoms with Crippen molar-refractivity contribution in [3.63, 3.8) is 0 Å². The summed E-state index contributed by atoms with van der Waals surface area (Å²) < 4.78 is 19.1. The molecule has 0 aliphatic carbocycles. The van der Waals surface area contributed by atoms with Gasteiger partial charge in [-0.2, -0.15) is 4.68 Å². The van der Waals surface area contributed by atoms with Crippen LogP contribution in [0, 0.1) is 12.7 Å². The number of benzene rings is 2. The molecular formula is C19H18FN3O3. The van der Waals surface area contributed by atoms with Gasteiger partial charge in [0.1, 0.15) is 11.9 Å². The minimum atomic E-state index is -0.842. The van der Waals surface area contributed by atoms with Gasteiger partial charge in [-0.05, 0) is 43.7 Å². The molecule has 0 fully saturated rings. The van der Waals surface area contributed by atoms with Crippen LogP contribution >= 0.6 is 0 Å². The minimum absolute atomic E-state index is 0.0354. The molecule has 0 radical (unpaired) electrons. The van der Waals surface area contributed by atoms with Crippen molar-refractivity contribution in [1.29, 1.82) is 0 Å². The maximum Gasteiger partial charge on any atom is 0.438 e. The largest absolute Gasteiger partial charge is 0.438 e. The van der Waals surface area contributed by atoms with Crippen LogP contribution in [0.4, 0.5) is 4.39 Å². The van der Waals surface area contributed by atoms with Crippen LogP contribution in [0.2, 0.25) is 0 Å². The Hall–Kier alpha value is -3.22. The highest BCUT2D eigenvalue weighted by Gasteiger charge is 2.21. The van der Waals surface area contributed by atoms with Crippen LogP contribution in [0.3, 0.4) is 0 Å². The van der Waals surface area contributed by atoms with Gasteiger partial charge in [-0.1, -0.05) is 29.8 Å². The Morgan fingerprint density at radius 1 is 1.19 bits per heavy atom. The van der Waals surface area contributed by atoms with Gasteiger partial charge in [0, 0.05) is 12.1 Å². The molecule has 0 aliphatic rings. The van der Waals surface area contributed by atoms with Crippen molar-refractivity contribution >= 4 is 5.91 Å². The van der Waals surface area contributed by atoms with Gasteiger partial charge in [0.25, 0.3) is 0 Å². The summed E-state index contributed by atoms with van der Waals surface area (Å²) in [7, 11) is 0. The molecule has 0 spiro atoms. The van der Waals surface area contributed by atoms with E-state index in [1.54, 1.807) is 6.92 Å². The standard InChI is InChI=1S/C19H18FN3O3/c1-12-3-5-14(6-4-12)11-21-17(24)13(2)23-19(25)26-18(22-23)15-7-9-16(20)10-8-15/h3-10,13H,11H2,1-2H3,(H,21,24)/t13-/m1/s1. The normalized spacial score (nSPS) is 12.0. The van der Waals surface area contributed by atoms with Gasteiger partial charge in [0.2, 0.25) is 11.8 Å². The maximum atomic E-state index is 13.0. The molecule has 1 amide bonds. The van der Waals surface area contributed by atoms with Gasteiger partial charge in [-0.3, -0.25) is 4.79 Å². The molecule has 0 saturated heterocycles. The molecule has 134 valence electrons. The molecule has 26 heavy (non-hydrogen) atoms. The SMILES string of the molecule is Cc1ccc(CNC(=O)[C@@H](C)n2nc(-c3ccc(F)cc3)oc2=O)cc1. The van der Waals surface area contributed by atoms with Crippen molar-refractivity contribution in [2.45, 2.75) is 26.4 Å². The molecule has 3 aromatic rings. The van der Waals surface area contributed by atoms with Crippen LogP contribution < -0.4 is 11.1 Å². The first-order valence-electron chi connectivity index (χ1n) is 8.13. The van der Waals surface area contributed by atoms with Gasteiger partial charge >= 0.3 is 5.76 Å². The lowest BCUT2D eigenvalue weighted by Gasteiger charge is -2.11. The Morgan fingerprint density at radius 2 is 1.85 bits per heavy atom. The zero-order valence-electron chi connectivity index (χ0n) is 14.4. The zero-order chi connectivity index (χ0) is 18.7. The maximum absolute atomic E-state index is 13.0. The van der Waals surface area contributed by atoms with Gasteiger partial charge < -0.3 is 9.73 Å². The molecule has 0 bridgehead atoms. The fourth-order valence-corrected chi connectivity index (χ4v) is 2.40. The van der Waals surface area contributed by atoms with Crippen molar-refractivity contribution in [2.24, 2.45) is 0 Å². The number of carbonyl (C=O) groups excluding carboxylic acids is 1. The number of hydrogen-bond acceptors (Lipinski definition) is 4. The second-order valence-electron chi connectivity index (χ2n) is 6.00. The second-order valence-corrected chi connectivity index (χ2v) is 6.00. The Balaban J connectivity index is 1.71. The van der Waals surface area contributed by atoms with E-state index in [1.807, 2.05) is 31.2 Å². The number of nitrogens with zero attached hydrogens (tertiary/aromatic N) is 2. The van der Waals surface area contributed by atoms with E-state index in [0.29, 0.717) is 12.1 Å². The Bertz CT molecular complexity index is 959. The van der Waals surface area contributed by atoms with Crippen molar-refractivity contribution in [2.75, 3.05) is 0 Å². The van der Waals surface area contributed by atoms with Crippen LogP contribution in [0.25, 0.3) is 11.5 Å². The van der Waals surface area contributed by atoms with Crippen LogP contribution in [-0.4, -0.2) is 15.7 Å². The van der Waals surface area contributed by atoms with Crippen molar-refractivity contribution < 1.29 is 13.6 Å². The number of hydrogen-bond donors (Lipinski definition) is 1. The van der Waals surface area contributed by atoms with Crippen molar-refractivity contribution in [1.82, 2.24) is 15.1 Å². The van der Waals surface area contributed by atoms with Crippen LogP contribution in [0.1, 0.15) is 24.1 Å². The Kier molecular flexibility index (Phi) is 4.97. The van der Waals surface area contributed by atoms with E-state index in [9.17, 15) is 14.0 Å². The molecule has 7 heteroatoms. The van der Waals surface area contributed by atoms with E-state index in [2.05, 4.69) is 10.4 Å². The number of amides is 1. The second kappa shape index (κ2) is 7.35. The molecule has 0 unspecified atom stereocenters. The molecule has 0 aliphatic heterocycles. The lowest BCUT2D eigenvalue weighted by atomic mass is 10.1. The van der Waals surface area contributed by atoms with Gasteiger partial charge in [0.05, 0.1) is 0 Å². The van der Waals surface area contributed by atoms with E-state index < -0.39 is 17.6 Å². The molecule has 1 N–H and O–H groups in total. The summed E-state index contributed by atoms with van der Waals surface area (Å²) >= 11 is 0. The summed E-state index contributed by atoms with van der Waals surface area (Å²) in [5.74, 6) is -1.47. The fourth-order valence-electron chi connectivity index (χ4n) is 2.40. The molecule has 1 heterocycles. The molecule has 0 saturated carbocycles. The highest BCUT2D eigenvalue weighted by Crippen LogP contribution is 2.16. The fraction of sp³-hybridized carbons (Fsp3) is 0.211. The van der Waals surface area contributed by atoms with Crippen LogP contribution in [-0.2, 0) is 11.3 Å². The molecule has 1 aromatic heterocycles. The van der Waals surface area contributed by atoms with Crippen molar-refractivity contribution in [3.8, 4) is 11.5 Å². The van der Waals surface area contributed by atoms with Crippen LogP contribution in [0.15, 0.2) is 57.7 Å². The lowest BCUT2D eigenvalue weighted by molar-refractivity contribution is -0.124. The Labute approximate surface area is 149 Å². The summed E-state index contributed by atoms with van der Waals surface area (Å²) in [6, 6.07) is 12.3. The van der Waals surface area contributed by atoms with E-state index in [4.69, 9.17) is 4.42 Å². The molecule has 6 nitrogen and oxygen atoms in total. The minimum Gasteiger partial charge on any atom is -0.388 e. The summed E-state index contributed by atoms with van der Waals surface area (Å²) in [5.41, 5.74) is 2.54. The summed E-state index contributed by atoms with van der Waals surface area (Å²) in [4.78, 5) is 24.3. The third kappa shape index (κ3) is 3.88. The van der Waals surface area contributed by atoms with Crippen molar-refractivity contribution in [3.05, 3.63) is 76.0 Å². The number of aromatic nitrogens is 2. The van der Waals surface area contributed by atoms with E-state index in [1.165, 1.54) is 24.3 Å². The topological polar surface area (TPSA) is 77.1 Å². The average Bonchev–Trinajstić information content (AvgIpc) is 3.02. The predicted octanol–water partition coefficient (Wildman–Crippen LogP) is 2.83. The quantitative estimate of drug-likeness (QED) is 0.763. The summed E-state index contributed by atoms with van der Waals surface area (Å²) in [6.45, 7) is 3.89. The van der Waals surface area contributed by atoms with Gasteiger partial charge in [0.15, 0.2) is 0 Å². The highest BCUT2D eigenvalue weighted by molar-refractivity contribution is 5.79. The molecule has 1 atom stereocenters. The number of rotatable bonds is 5. The Morgan fingerprint density at radius 3 is 2.50 bits per heavy atom. The smallest absolute Gasteiger partial charge is 0.388 e.